The molecular weight excluding hydrogens is 476 g/mol. The average Bonchev–Trinajstić information content (AvgIpc) is 2.74. The highest BCUT2D eigenvalue weighted by Crippen LogP contribution is 2.43. The lowest BCUT2D eigenvalue weighted by molar-refractivity contribution is 0.272. The van der Waals surface area contributed by atoms with Crippen LogP contribution in [0.5, 0.6) is 0 Å². The molecule has 0 bridgehead atoms. The summed E-state index contributed by atoms with van der Waals surface area (Å²) in [7, 11) is -1.96. The van der Waals surface area contributed by atoms with Crippen molar-refractivity contribution < 1.29 is 13.2 Å². The lowest BCUT2D eigenvalue weighted by Crippen LogP contribution is -2.40. The largest absolute Gasteiger partial charge is 0.411 e. The smallest absolute Gasteiger partial charge is 0.192 e. The van der Waals surface area contributed by atoms with Crippen LogP contribution >= 0.6 is 23.4 Å². The van der Waals surface area contributed by atoms with E-state index in [2.05, 4.69) is 38.8 Å². The van der Waals surface area contributed by atoms with Crippen LogP contribution in [0.4, 0.5) is 8.78 Å². The van der Waals surface area contributed by atoms with Gasteiger partial charge in [0, 0.05) is 21.7 Å². The number of pyridine rings is 1. The molecule has 1 atom stereocenters. The highest BCUT2D eigenvalue weighted by Gasteiger charge is 2.37. The summed E-state index contributed by atoms with van der Waals surface area (Å²) in [6.45, 7) is 13.3. The van der Waals surface area contributed by atoms with Crippen LogP contribution in [-0.2, 0) is 11.0 Å². The fourth-order valence-electron chi connectivity index (χ4n) is 3.08. The number of aromatic nitrogens is 1. The van der Waals surface area contributed by atoms with E-state index in [0.29, 0.717) is 17.2 Å². The minimum atomic E-state index is -1.96. The molecule has 2 aromatic carbocycles. The maximum Gasteiger partial charge on any atom is 0.192 e. The zero-order chi connectivity index (χ0) is 24.4. The third kappa shape index (κ3) is 6.44. The van der Waals surface area contributed by atoms with Crippen LogP contribution in [0.2, 0.25) is 23.2 Å². The molecule has 0 spiro atoms. The van der Waals surface area contributed by atoms with Gasteiger partial charge in [0.1, 0.15) is 11.6 Å². The van der Waals surface area contributed by atoms with E-state index in [9.17, 15) is 8.78 Å². The highest BCUT2D eigenvalue weighted by atomic mass is 35.5. The second-order valence-corrected chi connectivity index (χ2v) is 16.1. The SMILES string of the molecule is Cc1cnc(CO[Si](C)(C)C(C)(C)C)cc1C(Sc1ccc(Cl)cc1)c1cc(F)ccc1F. The molecule has 3 rings (SSSR count). The van der Waals surface area contributed by atoms with Crippen LogP contribution in [0, 0.1) is 18.6 Å². The molecule has 7 heteroatoms. The van der Waals surface area contributed by atoms with Crippen LogP contribution in [-0.4, -0.2) is 13.3 Å². The Hall–Kier alpha value is -1.73. The summed E-state index contributed by atoms with van der Waals surface area (Å²) in [5.74, 6) is -0.917. The van der Waals surface area contributed by atoms with Gasteiger partial charge >= 0.3 is 0 Å². The van der Waals surface area contributed by atoms with Crippen LogP contribution < -0.4 is 0 Å². The van der Waals surface area contributed by atoms with E-state index in [0.717, 1.165) is 27.8 Å². The van der Waals surface area contributed by atoms with Crippen molar-refractivity contribution in [1.82, 2.24) is 4.98 Å². The first kappa shape index (κ1) is 25.9. The maximum atomic E-state index is 14.9. The Labute approximate surface area is 205 Å². The quantitative estimate of drug-likeness (QED) is 0.237. The molecule has 0 fully saturated rings. The lowest BCUT2D eigenvalue weighted by Gasteiger charge is -2.36. The van der Waals surface area contributed by atoms with Crippen molar-refractivity contribution in [3.05, 3.63) is 93.8 Å². The Morgan fingerprint density at radius 2 is 1.70 bits per heavy atom. The summed E-state index contributed by atoms with van der Waals surface area (Å²) in [4.78, 5) is 5.47. The van der Waals surface area contributed by atoms with Gasteiger partial charge in [-0.05, 0) is 84.7 Å². The third-order valence-corrected chi connectivity index (χ3v) is 12.2. The van der Waals surface area contributed by atoms with Gasteiger partial charge in [0.25, 0.3) is 0 Å². The number of benzene rings is 2. The molecule has 3 aromatic rings. The molecule has 0 aliphatic rings. The highest BCUT2D eigenvalue weighted by molar-refractivity contribution is 7.99. The summed E-state index contributed by atoms with van der Waals surface area (Å²) in [5, 5.41) is 0.243. The number of halogens is 3. The molecule has 0 radical (unpaired) electrons. The molecule has 0 saturated heterocycles. The molecule has 0 saturated carbocycles. The molecule has 33 heavy (non-hydrogen) atoms. The van der Waals surface area contributed by atoms with E-state index < -0.39 is 25.2 Å². The zero-order valence-electron chi connectivity index (χ0n) is 19.9. The summed E-state index contributed by atoms with van der Waals surface area (Å²) in [6.07, 6.45) is 1.78. The number of nitrogens with zero attached hydrogens (tertiary/aromatic N) is 1. The second kappa shape index (κ2) is 10.3. The fraction of sp³-hybridized carbons (Fsp3) is 0.346. The van der Waals surface area contributed by atoms with E-state index in [-0.39, 0.29) is 5.04 Å². The summed E-state index contributed by atoms with van der Waals surface area (Å²) < 4.78 is 35.4. The van der Waals surface area contributed by atoms with Gasteiger partial charge in [-0.25, -0.2) is 8.78 Å². The normalized spacial score (nSPS) is 13.2. The van der Waals surface area contributed by atoms with Gasteiger partial charge in [-0.15, -0.1) is 11.8 Å². The minimum absolute atomic E-state index is 0.0815. The van der Waals surface area contributed by atoms with Crippen LogP contribution in [0.25, 0.3) is 0 Å². The minimum Gasteiger partial charge on any atom is -0.411 e. The second-order valence-electron chi connectivity index (χ2n) is 9.70. The first-order valence-corrected chi connectivity index (χ1v) is 15.0. The van der Waals surface area contributed by atoms with Crippen molar-refractivity contribution in [3.63, 3.8) is 0 Å². The Morgan fingerprint density at radius 1 is 1.03 bits per heavy atom. The summed E-state index contributed by atoms with van der Waals surface area (Å²) in [5.41, 5.74) is 2.85. The van der Waals surface area contributed by atoms with Crippen molar-refractivity contribution in [2.45, 2.75) is 62.6 Å². The maximum absolute atomic E-state index is 14.9. The summed E-state index contributed by atoms with van der Waals surface area (Å²) >= 11 is 7.49. The van der Waals surface area contributed by atoms with E-state index in [1.807, 2.05) is 25.1 Å². The van der Waals surface area contributed by atoms with Crippen molar-refractivity contribution in [1.29, 1.82) is 0 Å². The van der Waals surface area contributed by atoms with Gasteiger partial charge < -0.3 is 4.43 Å². The lowest BCUT2D eigenvalue weighted by atomic mass is 10.00. The van der Waals surface area contributed by atoms with Gasteiger partial charge in [0.2, 0.25) is 0 Å². The van der Waals surface area contributed by atoms with Gasteiger partial charge in [-0.3, -0.25) is 4.98 Å². The van der Waals surface area contributed by atoms with Crippen molar-refractivity contribution in [3.8, 4) is 0 Å². The molecule has 0 N–H and O–H groups in total. The first-order valence-electron chi connectivity index (χ1n) is 10.8. The predicted molar refractivity (Wildman–Crippen MR) is 136 cm³/mol. The van der Waals surface area contributed by atoms with Crippen molar-refractivity contribution in [2.24, 2.45) is 0 Å². The number of hydrogen-bond acceptors (Lipinski definition) is 3. The first-order chi connectivity index (χ1) is 15.4. The number of aryl methyl sites for hydroxylation is 1. The van der Waals surface area contributed by atoms with E-state index in [1.54, 1.807) is 18.3 Å². The van der Waals surface area contributed by atoms with E-state index in [4.69, 9.17) is 16.0 Å². The van der Waals surface area contributed by atoms with E-state index in [1.165, 1.54) is 23.9 Å². The monoisotopic (exact) mass is 505 g/mol. The molecule has 2 nitrogen and oxygen atoms in total. The molecular formula is C26H30ClF2NOSSi. The van der Waals surface area contributed by atoms with Crippen molar-refractivity contribution in [2.75, 3.05) is 0 Å². The number of rotatable bonds is 7. The fourth-order valence-corrected chi connectivity index (χ4v) is 5.40. The van der Waals surface area contributed by atoms with Gasteiger partial charge in [0.05, 0.1) is 17.6 Å². The van der Waals surface area contributed by atoms with Crippen LogP contribution in [0.3, 0.4) is 0 Å². The van der Waals surface area contributed by atoms with Gasteiger partial charge in [-0.1, -0.05) is 32.4 Å². The summed E-state index contributed by atoms with van der Waals surface area (Å²) in [6, 6.07) is 12.9. The predicted octanol–water partition coefficient (Wildman–Crippen LogP) is 8.73. The van der Waals surface area contributed by atoms with Crippen LogP contribution in [0.1, 0.15) is 48.4 Å². The van der Waals surface area contributed by atoms with Gasteiger partial charge in [-0.2, -0.15) is 0 Å². The van der Waals surface area contributed by atoms with Gasteiger partial charge in [0.15, 0.2) is 8.32 Å². The Bertz CT molecular complexity index is 1120. The Kier molecular flexibility index (Phi) is 8.05. The third-order valence-electron chi connectivity index (χ3n) is 6.18. The van der Waals surface area contributed by atoms with Crippen molar-refractivity contribution >= 4 is 31.7 Å². The number of thioether (sulfide) groups is 1. The van der Waals surface area contributed by atoms with Crippen LogP contribution in [0.15, 0.2) is 59.6 Å². The molecule has 1 unspecified atom stereocenters. The number of hydrogen-bond donors (Lipinski definition) is 0. The molecule has 1 heterocycles. The molecule has 0 aliphatic carbocycles. The Balaban J connectivity index is 2.01. The molecule has 0 amide bonds. The molecule has 1 aromatic heterocycles. The molecule has 176 valence electrons. The topological polar surface area (TPSA) is 22.1 Å². The van der Waals surface area contributed by atoms with E-state index >= 15 is 0 Å². The average molecular weight is 506 g/mol. The standard InChI is InChI=1S/C26H30ClF2NOSSi/c1-17-15-30-20(16-31-33(5,6)26(2,3)4)14-22(17)25(23-13-19(28)9-12-24(23)29)32-21-10-7-18(27)8-11-21/h7-15,25H,16H2,1-6H3. The molecule has 0 aliphatic heterocycles. The Morgan fingerprint density at radius 3 is 2.33 bits per heavy atom. The zero-order valence-corrected chi connectivity index (χ0v) is 22.5.